The van der Waals surface area contributed by atoms with Crippen molar-refractivity contribution >= 4 is 17.2 Å². The minimum atomic E-state index is 0.236. The minimum absolute atomic E-state index is 0.236. The van der Waals surface area contributed by atoms with E-state index in [1.54, 1.807) is 0 Å². The Morgan fingerprint density at radius 1 is 1.00 bits per heavy atom. The third kappa shape index (κ3) is 2.87. The van der Waals surface area contributed by atoms with E-state index in [0.717, 1.165) is 21.7 Å². The summed E-state index contributed by atoms with van der Waals surface area (Å²) < 4.78 is 1.40. The molecule has 0 atom stereocenters. The summed E-state index contributed by atoms with van der Waals surface area (Å²) in [4.78, 5) is 0.256. The van der Waals surface area contributed by atoms with Gasteiger partial charge in [0.1, 0.15) is 5.01 Å². The van der Waals surface area contributed by atoms with Crippen molar-refractivity contribution in [1.29, 1.82) is 10.8 Å². The molecule has 0 aliphatic carbocycles. The van der Waals surface area contributed by atoms with Gasteiger partial charge >= 0.3 is 0 Å². The summed E-state index contributed by atoms with van der Waals surface area (Å²) in [5.74, 6) is 0.236. The summed E-state index contributed by atoms with van der Waals surface area (Å²) in [5, 5.41) is 21.8. The highest BCUT2D eigenvalue weighted by Crippen LogP contribution is 2.22. The molecular formula is C18H18N4S. The van der Waals surface area contributed by atoms with E-state index in [1.165, 1.54) is 27.1 Å². The lowest BCUT2D eigenvalue weighted by atomic mass is 10.1. The molecule has 5 heteroatoms. The molecule has 0 spiro atoms. The van der Waals surface area contributed by atoms with Gasteiger partial charge in [-0.05, 0) is 43.5 Å². The third-order valence-corrected chi connectivity index (χ3v) is 4.82. The fourth-order valence-electron chi connectivity index (χ4n) is 2.39. The number of benzene rings is 2. The van der Waals surface area contributed by atoms with Crippen LogP contribution in [-0.4, -0.2) is 15.6 Å². The Labute approximate surface area is 139 Å². The van der Waals surface area contributed by atoms with Crippen LogP contribution in [0.3, 0.4) is 0 Å². The molecular weight excluding hydrogens is 304 g/mol. The molecule has 4 nitrogen and oxygen atoms in total. The zero-order valence-corrected chi connectivity index (χ0v) is 14.2. The van der Waals surface area contributed by atoms with Crippen molar-refractivity contribution in [2.75, 3.05) is 0 Å². The van der Waals surface area contributed by atoms with Crippen molar-refractivity contribution in [1.82, 2.24) is 9.78 Å². The first-order chi connectivity index (χ1) is 11.0. The summed E-state index contributed by atoms with van der Waals surface area (Å²) >= 11 is 1.29. The molecule has 3 rings (SSSR count). The average molecular weight is 322 g/mol. The van der Waals surface area contributed by atoms with Gasteiger partial charge in [0.15, 0.2) is 5.84 Å². The van der Waals surface area contributed by atoms with Gasteiger partial charge in [-0.1, -0.05) is 47.7 Å². The van der Waals surface area contributed by atoms with Gasteiger partial charge in [-0.3, -0.25) is 10.8 Å². The monoisotopic (exact) mass is 322 g/mol. The molecule has 0 aliphatic rings. The number of nitrogens with one attached hydrogen (secondary N) is 2. The van der Waals surface area contributed by atoms with Crippen molar-refractivity contribution in [2.24, 2.45) is 0 Å². The highest BCUT2D eigenvalue weighted by atomic mass is 32.1. The van der Waals surface area contributed by atoms with Gasteiger partial charge in [0, 0.05) is 11.1 Å². The summed E-state index contributed by atoms with van der Waals surface area (Å²) in [7, 11) is 0. The van der Waals surface area contributed by atoms with Crippen LogP contribution in [0.5, 0.6) is 0 Å². The molecule has 3 aromatic rings. The molecule has 0 unspecified atom stereocenters. The average Bonchev–Trinajstić information content (AvgIpc) is 2.92. The molecule has 0 saturated carbocycles. The van der Waals surface area contributed by atoms with Gasteiger partial charge in [0.2, 0.25) is 4.80 Å². The number of nitrogens with zero attached hydrogens (tertiary/aromatic N) is 2. The summed E-state index contributed by atoms with van der Waals surface area (Å²) in [5.41, 5.74) is 5.22. The van der Waals surface area contributed by atoms with Crippen molar-refractivity contribution < 1.29 is 0 Å². The first-order valence-corrected chi connectivity index (χ1v) is 8.16. The SMILES string of the molecule is Cc1ccc(-c2nn(C(=N)c3ccccc3C)c(=N)s2)cc1C. The van der Waals surface area contributed by atoms with Gasteiger partial charge in [0.25, 0.3) is 0 Å². The van der Waals surface area contributed by atoms with E-state index in [-0.39, 0.29) is 10.6 Å². The number of aromatic nitrogens is 2. The lowest BCUT2D eigenvalue weighted by Gasteiger charge is -2.06. The number of rotatable bonds is 2. The molecule has 1 aromatic heterocycles. The van der Waals surface area contributed by atoms with E-state index < -0.39 is 0 Å². The molecule has 116 valence electrons. The number of hydrogen-bond donors (Lipinski definition) is 2. The number of aryl methyl sites for hydroxylation is 3. The fraction of sp³-hybridized carbons (Fsp3) is 0.167. The van der Waals surface area contributed by atoms with Crippen molar-refractivity contribution in [3.8, 4) is 10.6 Å². The number of hydrogen-bond acceptors (Lipinski definition) is 4. The van der Waals surface area contributed by atoms with E-state index >= 15 is 0 Å². The van der Waals surface area contributed by atoms with Gasteiger partial charge in [-0.15, -0.1) is 0 Å². The summed E-state index contributed by atoms with van der Waals surface area (Å²) in [6, 6.07) is 13.9. The van der Waals surface area contributed by atoms with Crippen LogP contribution in [0.2, 0.25) is 0 Å². The maximum absolute atomic E-state index is 8.39. The van der Waals surface area contributed by atoms with E-state index in [4.69, 9.17) is 10.8 Å². The maximum atomic E-state index is 8.39. The standard InChI is InChI=1S/C18H18N4S/c1-11-8-9-14(10-13(11)3)17-21-22(18(20)23-17)16(19)15-7-5-4-6-12(15)2/h4-10,19-20H,1-3H3. The molecule has 0 fully saturated rings. The Morgan fingerprint density at radius 3 is 2.43 bits per heavy atom. The fourth-order valence-corrected chi connectivity index (χ4v) is 3.16. The second-order valence-electron chi connectivity index (χ2n) is 5.59. The normalized spacial score (nSPS) is 10.7. The molecule has 23 heavy (non-hydrogen) atoms. The molecule has 2 N–H and O–H groups in total. The highest BCUT2D eigenvalue weighted by Gasteiger charge is 2.13. The third-order valence-electron chi connectivity index (χ3n) is 3.94. The van der Waals surface area contributed by atoms with E-state index in [1.807, 2.05) is 37.3 Å². The van der Waals surface area contributed by atoms with Gasteiger partial charge in [-0.2, -0.15) is 9.78 Å². The molecule has 0 saturated heterocycles. The van der Waals surface area contributed by atoms with Crippen LogP contribution in [0.1, 0.15) is 22.3 Å². The first kappa shape index (κ1) is 15.4. The lowest BCUT2D eigenvalue weighted by Crippen LogP contribution is -2.24. The Hall–Kier alpha value is -2.53. The van der Waals surface area contributed by atoms with Crippen molar-refractivity contribution in [2.45, 2.75) is 20.8 Å². The van der Waals surface area contributed by atoms with Crippen LogP contribution in [-0.2, 0) is 0 Å². The van der Waals surface area contributed by atoms with Crippen LogP contribution in [0.4, 0.5) is 0 Å². The van der Waals surface area contributed by atoms with Crippen LogP contribution in [0.25, 0.3) is 10.6 Å². The topological polar surface area (TPSA) is 65.5 Å². The van der Waals surface area contributed by atoms with E-state index in [9.17, 15) is 0 Å². The zero-order valence-electron chi connectivity index (χ0n) is 13.3. The van der Waals surface area contributed by atoms with E-state index in [2.05, 4.69) is 31.1 Å². The second kappa shape index (κ2) is 5.93. The van der Waals surface area contributed by atoms with Gasteiger partial charge in [-0.25, -0.2) is 0 Å². The highest BCUT2D eigenvalue weighted by molar-refractivity contribution is 7.12. The predicted molar refractivity (Wildman–Crippen MR) is 94.3 cm³/mol. The maximum Gasteiger partial charge on any atom is 0.206 e. The second-order valence-corrected chi connectivity index (χ2v) is 6.56. The Kier molecular flexibility index (Phi) is 3.96. The zero-order chi connectivity index (χ0) is 16.6. The first-order valence-electron chi connectivity index (χ1n) is 7.34. The van der Waals surface area contributed by atoms with Gasteiger partial charge in [0.05, 0.1) is 0 Å². The summed E-state index contributed by atoms with van der Waals surface area (Å²) in [6.07, 6.45) is 0. The molecule has 0 radical (unpaired) electrons. The quantitative estimate of drug-likeness (QED) is 0.545. The summed E-state index contributed by atoms with van der Waals surface area (Å²) in [6.45, 7) is 6.10. The van der Waals surface area contributed by atoms with Crippen LogP contribution in [0.15, 0.2) is 42.5 Å². The largest absolute Gasteiger partial charge is 0.282 e. The Morgan fingerprint density at radius 2 is 1.74 bits per heavy atom. The molecule has 0 aliphatic heterocycles. The predicted octanol–water partition coefficient (Wildman–Crippen LogP) is 3.89. The van der Waals surface area contributed by atoms with Crippen LogP contribution in [0, 0.1) is 31.6 Å². The lowest BCUT2D eigenvalue weighted by molar-refractivity contribution is 0.865. The molecule has 1 heterocycles. The Bertz CT molecular complexity index is 950. The smallest absolute Gasteiger partial charge is 0.206 e. The van der Waals surface area contributed by atoms with Crippen LogP contribution >= 0.6 is 11.3 Å². The Balaban J connectivity index is 2.05. The minimum Gasteiger partial charge on any atom is -0.282 e. The molecule has 0 amide bonds. The molecule has 2 aromatic carbocycles. The van der Waals surface area contributed by atoms with Crippen molar-refractivity contribution in [3.05, 3.63) is 69.5 Å². The van der Waals surface area contributed by atoms with Crippen LogP contribution < -0.4 is 4.80 Å². The van der Waals surface area contributed by atoms with Crippen molar-refractivity contribution in [3.63, 3.8) is 0 Å². The van der Waals surface area contributed by atoms with Gasteiger partial charge < -0.3 is 0 Å². The van der Waals surface area contributed by atoms with E-state index in [0.29, 0.717) is 0 Å². The molecule has 0 bridgehead atoms.